The van der Waals surface area contributed by atoms with Gasteiger partial charge in [0.1, 0.15) is 5.82 Å². The van der Waals surface area contributed by atoms with E-state index in [1.807, 2.05) is 0 Å². The Morgan fingerprint density at radius 3 is 2.61 bits per heavy atom. The summed E-state index contributed by atoms with van der Waals surface area (Å²) < 4.78 is 13.2. The molecule has 1 aliphatic carbocycles. The molecule has 1 saturated heterocycles. The number of carbonyl (C=O) groups excluding carboxylic acids is 1. The molecule has 0 radical (unpaired) electrons. The molecule has 126 valence electrons. The predicted molar refractivity (Wildman–Crippen MR) is 86.4 cm³/mol. The fourth-order valence-electron chi connectivity index (χ4n) is 3.54. The fourth-order valence-corrected chi connectivity index (χ4v) is 3.54. The minimum Gasteiger partial charge on any atom is -0.396 e. The molecule has 1 aliphatic heterocycles. The smallest absolute Gasteiger partial charge is 0.317 e. The van der Waals surface area contributed by atoms with E-state index >= 15 is 0 Å². The van der Waals surface area contributed by atoms with Crippen LogP contribution in [0, 0.1) is 17.7 Å². The molecule has 1 aromatic carbocycles. The Kier molecular flexibility index (Phi) is 5.16. The maximum atomic E-state index is 13.2. The van der Waals surface area contributed by atoms with Crippen molar-refractivity contribution in [3.63, 3.8) is 0 Å². The summed E-state index contributed by atoms with van der Waals surface area (Å²) in [4.78, 5) is 14.4. The van der Waals surface area contributed by atoms with Crippen molar-refractivity contribution in [3.05, 3.63) is 35.6 Å². The van der Waals surface area contributed by atoms with Gasteiger partial charge in [0.05, 0.1) is 6.04 Å². The highest BCUT2D eigenvalue weighted by molar-refractivity contribution is 5.75. The number of aliphatic hydroxyl groups excluding tert-OH is 1. The molecule has 23 heavy (non-hydrogen) atoms. The standard InChI is InChI=1S/C18H25FN2O2/c19-16-8-6-15(7-9-16)17(14-4-1-5-14)20-18(23)21-10-2-3-13(11-21)12-22/h6-9,13-14,17,22H,1-5,10-12H2,(H,20,23)/t13-,17+/m0/s1. The molecule has 0 unspecified atom stereocenters. The van der Waals surface area contributed by atoms with Gasteiger partial charge in [-0.3, -0.25) is 0 Å². The monoisotopic (exact) mass is 320 g/mol. The number of piperidine rings is 1. The van der Waals surface area contributed by atoms with Gasteiger partial charge in [0.2, 0.25) is 0 Å². The summed E-state index contributed by atoms with van der Waals surface area (Å²) in [6, 6.07) is 6.33. The van der Waals surface area contributed by atoms with Crippen molar-refractivity contribution in [1.82, 2.24) is 10.2 Å². The molecule has 2 N–H and O–H groups in total. The summed E-state index contributed by atoms with van der Waals surface area (Å²) in [5.41, 5.74) is 0.972. The van der Waals surface area contributed by atoms with Crippen LogP contribution in [0.25, 0.3) is 0 Å². The Hall–Kier alpha value is -1.62. The lowest BCUT2D eigenvalue weighted by atomic mass is 9.77. The van der Waals surface area contributed by atoms with Crippen LogP contribution in [0.1, 0.15) is 43.7 Å². The lowest BCUT2D eigenvalue weighted by Gasteiger charge is -2.38. The average molecular weight is 320 g/mol. The summed E-state index contributed by atoms with van der Waals surface area (Å²) >= 11 is 0. The number of rotatable bonds is 4. The molecule has 1 saturated carbocycles. The first-order chi connectivity index (χ1) is 11.2. The maximum Gasteiger partial charge on any atom is 0.317 e. The number of benzene rings is 1. The second-order valence-electron chi connectivity index (χ2n) is 6.81. The number of hydrogen-bond acceptors (Lipinski definition) is 2. The molecule has 3 rings (SSSR count). The molecule has 1 heterocycles. The van der Waals surface area contributed by atoms with Crippen molar-refractivity contribution in [2.24, 2.45) is 11.8 Å². The van der Waals surface area contributed by atoms with E-state index in [2.05, 4.69) is 5.32 Å². The second-order valence-corrected chi connectivity index (χ2v) is 6.81. The Morgan fingerprint density at radius 2 is 2.00 bits per heavy atom. The minimum atomic E-state index is -0.255. The Bertz CT molecular complexity index is 530. The number of nitrogens with one attached hydrogen (secondary N) is 1. The topological polar surface area (TPSA) is 52.6 Å². The van der Waals surface area contributed by atoms with Crippen LogP contribution in [-0.2, 0) is 0 Å². The zero-order valence-corrected chi connectivity index (χ0v) is 13.4. The summed E-state index contributed by atoms with van der Waals surface area (Å²) in [5, 5.41) is 12.5. The molecule has 0 bridgehead atoms. The van der Waals surface area contributed by atoms with Crippen molar-refractivity contribution < 1.29 is 14.3 Å². The molecule has 2 aliphatic rings. The molecule has 2 amide bonds. The zero-order valence-electron chi connectivity index (χ0n) is 13.4. The van der Waals surface area contributed by atoms with Gasteiger partial charge in [0.15, 0.2) is 0 Å². The van der Waals surface area contributed by atoms with E-state index in [0.29, 0.717) is 12.5 Å². The largest absolute Gasteiger partial charge is 0.396 e. The molecule has 4 nitrogen and oxygen atoms in total. The fraction of sp³-hybridized carbons (Fsp3) is 0.611. The van der Waals surface area contributed by atoms with Gasteiger partial charge >= 0.3 is 6.03 Å². The van der Waals surface area contributed by atoms with Gasteiger partial charge in [-0.1, -0.05) is 18.6 Å². The van der Waals surface area contributed by atoms with Gasteiger partial charge in [-0.25, -0.2) is 9.18 Å². The number of hydrogen-bond donors (Lipinski definition) is 2. The van der Waals surface area contributed by atoms with Gasteiger partial charge in [0.25, 0.3) is 0 Å². The van der Waals surface area contributed by atoms with E-state index in [4.69, 9.17) is 0 Å². The highest BCUT2D eigenvalue weighted by Gasteiger charge is 2.32. The summed E-state index contributed by atoms with van der Waals surface area (Å²) in [6.45, 7) is 1.49. The Labute approximate surface area is 136 Å². The maximum absolute atomic E-state index is 13.2. The van der Waals surface area contributed by atoms with Crippen molar-refractivity contribution >= 4 is 6.03 Å². The summed E-state index contributed by atoms with van der Waals surface area (Å²) in [6.07, 6.45) is 5.30. The molecule has 0 aromatic heterocycles. The first-order valence-electron chi connectivity index (χ1n) is 8.59. The molecule has 0 spiro atoms. The number of halogens is 1. The van der Waals surface area contributed by atoms with Crippen molar-refractivity contribution in [1.29, 1.82) is 0 Å². The van der Waals surface area contributed by atoms with Gasteiger partial charge in [-0.15, -0.1) is 0 Å². The highest BCUT2D eigenvalue weighted by atomic mass is 19.1. The van der Waals surface area contributed by atoms with E-state index in [9.17, 15) is 14.3 Å². The summed E-state index contributed by atoms with van der Waals surface area (Å²) in [5.74, 6) is 0.361. The van der Waals surface area contributed by atoms with Crippen molar-refractivity contribution in [3.8, 4) is 0 Å². The highest BCUT2D eigenvalue weighted by Crippen LogP contribution is 2.38. The molecule has 2 fully saturated rings. The first-order valence-corrected chi connectivity index (χ1v) is 8.59. The molecule has 1 aromatic rings. The van der Waals surface area contributed by atoms with E-state index in [1.54, 1.807) is 17.0 Å². The van der Waals surface area contributed by atoms with Crippen molar-refractivity contribution in [2.75, 3.05) is 19.7 Å². The SMILES string of the molecule is O=C(N[C@@H](c1ccc(F)cc1)C1CCC1)N1CCC[C@H](CO)C1. The normalized spacial score (nSPS) is 23.2. The number of nitrogens with zero attached hydrogens (tertiary/aromatic N) is 1. The number of urea groups is 1. The zero-order chi connectivity index (χ0) is 16.2. The minimum absolute atomic E-state index is 0.0497. The van der Waals surface area contributed by atoms with E-state index in [1.165, 1.54) is 18.6 Å². The van der Waals surface area contributed by atoms with E-state index < -0.39 is 0 Å². The molecular formula is C18H25FN2O2. The van der Waals surface area contributed by atoms with Crippen LogP contribution in [-0.4, -0.2) is 35.7 Å². The third-order valence-electron chi connectivity index (χ3n) is 5.19. The second kappa shape index (κ2) is 7.30. The van der Waals surface area contributed by atoms with Gasteiger partial charge in [-0.05, 0) is 55.2 Å². The van der Waals surface area contributed by atoms with Gasteiger partial charge in [0, 0.05) is 19.7 Å². The lowest BCUT2D eigenvalue weighted by Crippen LogP contribution is -2.48. The number of likely N-dealkylation sites (tertiary alicyclic amines) is 1. The van der Waals surface area contributed by atoms with Crippen LogP contribution < -0.4 is 5.32 Å². The van der Waals surface area contributed by atoms with Crippen LogP contribution >= 0.6 is 0 Å². The first kappa shape index (κ1) is 16.2. The third-order valence-corrected chi connectivity index (χ3v) is 5.19. The number of carbonyl (C=O) groups is 1. The predicted octanol–water partition coefficient (Wildman–Crippen LogP) is 3.08. The van der Waals surface area contributed by atoms with Crippen LogP contribution in [0.4, 0.5) is 9.18 Å². The Balaban J connectivity index is 1.68. The molecule has 5 heteroatoms. The van der Waals surface area contributed by atoms with Crippen LogP contribution in [0.2, 0.25) is 0 Å². The van der Waals surface area contributed by atoms with E-state index in [-0.39, 0.29) is 30.4 Å². The average Bonchev–Trinajstić information content (AvgIpc) is 2.53. The van der Waals surface area contributed by atoms with Gasteiger partial charge < -0.3 is 15.3 Å². The lowest BCUT2D eigenvalue weighted by molar-refractivity contribution is 0.123. The van der Waals surface area contributed by atoms with Crippen LogP contribution in [0.15, 0.2) is 24.3 Å². The summed E-state index contributed by atoms with van der Waals surface area (Å²) in [7, 11) is 0. The molecule has 2 atom stereocenters. The number of aliphatic hydroxyl groups is 1. The number of amides is 2. The van der Waals surface area contributed by atoms with Crippen LogP contribution in [0.5, 0.6) is 0 Å². The molecular weight excluding hydrogens is 295 g/mol. The Morgan fingerprint density at radius 1 is 1.26 bits per heavy atom. The quantitative estimate of drug-likeness (QED) is 0.896. The van der Waals surface area contributed by atoms with Crippen LogP contribution in [0.3, 0.4) is 0 Å². The van der Waals surface area contributed by atoms with E-state index in [0.717, 1.165) is 37.8 Å². The third kappa shape index (κ3) is 3.83. The van der Waals surface area contributed by atoms with Crippen molar-refractivity contribution in [2.45, 2.75) is 38.1 Å². The van der Waals surface area contributed by atoms with Gasteiger partial charge in [-0.2, -0.15) is 0 Å².